The van der Waals surface area contributed by atoms with E-state index < -0.39 is 23.4 Å². The van der Waals surface area contributed by atoms with Crippen LogP contribution in [0.5, 0.6) is 0 Å². The van der Waals surface area contributed by atoms with Crippen molar-refractivity contribution in [3.05, 3.63) is 11.3 Å². The molecule has 1 heterocycles. The fourth-order valence-electron chi connectivity index (χ4n) is 1.32. The maximum Gasteiger partial charge on any atom is 0.449 e. The Labute approximate surface area is 78.8 Å². The first kappa shape index (κ1) is 10.9. The summed E-state index contributed by atoms with van der Waals surface area (Å²) in [5.74, 6) is -2.50. The molecule has 0 radical (unpaired) electrons. The van der Waals surface area contributed by atoms with Crippen LogP contribution >= 0.6 is 0 Å². The minimum absolute atomic E-state index is 0.0193. The topological polar surface area (TPSA) is 40.5 Å². The molecule has 3 nitrogen and oxygen atoms in total. The number of hydrogen-bond acceptors (Lipinski definition) is 2. The van der Waals surface area contributed by atoms with Gasteiger partial charge in [0.05, 0.1) is 5.57 Å². The predicted octanol–water partition coefficient (Wildman–Crippen LogP) is 1.61. The highest BCUT2D eigenvalue weighted by molar-refractivity contribution is 5.94. The van der Waals surface area contributed by atoms with E-state index in [1.54, 1.807) is 0 Å². The second-order valence-electron chi connectivity index (χ2n) is 3.16. The lowest BCUT2D eigenvalue weighted by atomic mass is 10.0. The monoisotopic (exact) mass is 209 g/mol. The molecule has 1 rings (SSSR count). The highest BCUT2D eigenvalue weighted by Gasteiger charge is 2.39. The zero-order valence-corrected chi connectivity index (χ0v) is 7.56. The van der Waals surface area contributed by atoms with Crippen molar-refractivity contribution in [3.8, 4) is 0 Å². The third kappa shape index (κ3) is 2.00. The smallest absolute Gasteiger partial charge is 0.449 e. The van der Waals surface area contributed by atoms with Crippen LogP contribution in [0.2, 0.25) is 0 Å². The molecule has 1 N–H and O–H groups in total. The number of hydrogen-bond donors (Lipinski definition) is 1. The first-order valence-corrected chi connectivity index (χ1v) is 4.09. The van der Waals surface area contributed by atoms with E-state index in [0.717, 1.165) is 0 Å². The second kappa shape index (κ2) is 3.51. The fourth-order valence-corrected chi connectivity index (χ4v) is 1.32. The first-order chi connectivity index (χ1) is 6.34. The lowest BCUT2D eigenvalue weighted by Gasteiger charge is -2.25. The summed E-state index contributed by atoms with van der Waals surface area (Å²) in [6, 6.07) is 0. The zero-order valence-electron chi connectivity index (χ0n) is 7.56. The van der Waals surface area contributed by atoms with E-state index in [0.29, 0.717) is 13.0 Å². The van der Waals surface area contributed by atoms with Gasteiger partial charge in [-0.1, -0.05) is 0 Å². The quantitative estimate of drug-likeness (QED) is 0.486. The number of nitrogens with zero attached hydrogens (tertiary/aromatic N) is 1. The van der Waals surface area contributed by atoms with Crippen LogP contribution in [-0.2, 0) is 4.79 Å². The molecule has 0 aromatic rings. The minimum Gasteiger partial charge on any atom is -0.504 e. The van der Waals surface area contributed by atoms with Crippen LogP contribution in [0.25, 0.3) is 0 Å². The van der Waals surface area contributed by atoms with Gasteiger partial charge in [-0.15, -0.1) is 0 Å². The van der Waals surface area contributed by atoms with Crippen molar-refractivity contribution in [2.45, 2.75) is 19.0 Å². The Hall–Kier alpha value is -1.20. The molecule has 1 aliphatic heterocycles. The number of likely N-dealkylation sites (tertiary alicyclic amines) is 1. The number of alkyl halides is 3. The van der Waals surface area contributed by atoms with Crippen molar-refractivity contribution in [1.82, 2.24) is 4.90 Å². The van der Waals surface area contributed by atoms with Crippen molar-refractivity contribution in [2.75, 3.05) is 13.6 Å². The lowest BCUT2D eigenvalue weighted by Crippen LogP contribution is -2.35. The Morgan fingerprint density at radius 1 is 1.50 bits per heavy atom. The van der Waals surface area contributed by atoms with Crippen LogP contribution in [-0.4, -0.2) is 35.7 Å². The van der Waals surface area contributed by atoms with Gasteiger partial charge in [-0.05, 0) is 12.8 Å². The largest absolute Gasteiger partial charge is 0.504 e. The summed E-state index contributed by atoms with van der Waals surface area (Å²) in [6.07, 6.45) is -4.41. The van der Waals surface area contributed by atoms with E-state index in [-0.39, 0.29) is 6.42 Å². The van der Waals surface area contributed by atoms with E-state index in [1.807, 2.05) is 0 Å². The van der Waals surface area contributed by atoms with Crippen molar-refractivity contribution in [3.63, 3.8) is 0 Å². The molecule has 0 spiro atoms. The van der Waals surface area contributed by atoms with Crippen LogP contribution in [0.3, 0.4) is 0 Å². The molecule has 14 heavy (non-hydrogen) atoms. The zero-order chi connectivity index (χ0) is 10.9. The number of allylic oxidation sites excluding steroid dienone is 1. The van der Waals surface area contributed by atoms with Gasteiger partial charge in [0.25, 0.3) is 5.91 Å². The number of aliphatic hydroxyl groups excluding tert-OH is 1. The molecule has 0 aromatic carbocycles. The van der Waals surface area contributed by atoms with Gasteiger partial charge in [0, 0.05) is 13.6 Å². The van der Waals surface area contributed by atoms with Gasteiger partial charge in [0.1, 0.15) is 0 Å². The van der Waals surface area contributed by atoms with Crippen molar-refractivity contribution < 1.29 is 23.1 Å². The van der Waals surface area contributed by atoms with Crippen LogP contribution in [0.4, 0.5) is 13.2 Å². The summed E-state index contributed by atoms with van der Waals surface area (Å²) in [7, 11) is 1.41. The maximum atomic E-state index is 12.1. The molecule has 1 fully saturated rings. The molecule has 80 valence electrons. The Bertz CT molecular complexity index is 283. The summed E-state index contributed by atoms with van der Waals surface area (Å²) in [4.78, 5) is 12.4. The Morgan fingerprint density at radius 3 is 2.57 bits per heavy atom. The number of piperidine rings is 1. The van der Waals surface area contributed by atoms with Gasteiger partial charge in [-0.3, -0.25) is 4.79 Å². The van der Waals surface area contributed by atoms with E-state index in [9.17, 15) is 18.0 Å². The van der Waals surface area contributed by atoms with Gasteiger partial charge in [-0.25, -0.2) is 0 Å². The summed E-state index contributed by atoms with van der Waals surface area (Å²) in [5, 5.41) is 8.81. The third-order valence-corrected chi connectivity index (χ3v) is 2.08. The average Bonchev–Trinajstić information content (AvgIpc) is 2.07. The summed E-state index contributed by atoms with van der Waals surface area (Å²) in [6.45, 7) is 0.424. The van der Waals surface area contributed by atoms with Crippen LogP contribution in [0, 0.1) is 0 Å². The van der Waals surface area contributed by atoms with Crippen LogP contribution in [0.15, 0.2) is 11.3 Å². The number of halogens is 3. The molecule has 0 atom stereocenters. The van der Waals surface area contributed by atoms with E-state index in [2.05, 4.69) is 0 Å². The molecule has 1 saturated heterocycles. The Kier molecular flexibility index (Phi) is 2.73. The number of aliphatic hydroxyl groups is 1. The predicted molar refractivity (Wildman–Crippen MR) is 42.6 cm³/mol. The maximum absolute atomic E-state index is 12.1. The molecule has 0 bridgehead atoms. The lowest BCUT2D eigenvalue weighted by molar-refractivity contribution is -0.134. The molecular weight excluding hydrogens is 199 g/mol. The van der Waals surface area contributed by atoms with Crippen molar-refractivity contribution >= 4 is 5.91 Å². The average molecular weight is 209 g/mol. The molecule has 6 heteroatoms. The first-order valence-electron chi connectivity index (χ1n) is 4.09. The molecule has 0 aromatic heterocycles. The normalized spacial score (nSPS) is 22.6. The van der Waals surface area contributed by atoms with Crippen molar-refractivity contribution in [2.24, 2.45) is 0 Å². The van der Waals surface area contributed by atoms with Crippen LogP contribution < -0.4 is 0 Å². The molecule has 1 amide bonds. The van der Waals surface area contributed by atoms with E-state index in [1.165, 1.54) is 11.9 Å². The summed E-state index contributed by atoms with van der Waals surface area (Å²) < 4.78 is 36.2. The van der Waals surface area contributed by atoms with Gasteiger partial charge >= 0.3 is 6.18 Å². The van der Waals surface area contributed by atoms with Gasteiger partial charge in [0.2, 0.25) is 5.76 Å². The fraction of sp³-hybridized carbons (Fsp3) is 0.625. The standard InChI is InChI=1S/C8H10F3NO2/c1-12-4-2-3-5(7(12)14)6(13)8(9,10)11/h13H,2-4H2,1H3. The van der Waals surface area contributed by atoms with Gasteiger partial charge < -0.3 is 10.0 Å². The van der Waals surface area contributed by atoms with E-state index in [4.69, 9.17) is 5.11 Å². The third-order valence-electron chi connectivity index (χ3n) is 2.08. The number of carbonyl (C=O) groups is 1. The van der Waals surface area contributed by atoms with Gasteiger partial charge in [-0.2, -0.15) is 13.2 Å². The van der Waals surface area contributed by atoms with E-state index >= 15 is 0 Å². The molecule has 1 aliphatic rings. The van der Waals surface area contributed by atoms with Gasteiger partial charge in [0.15, 0.2) is 0 Å². The Balaban J connectivity index is 3.01. The molecule has 0 saturated carbocycles. The number of carbonyl (C=O) groups excluding carboxylic acids is 1. The molecular formula is C8H10F3NO2. The summed E-state index contributed by atoms with van der Waals surface area (Å²) in [5.41, 5.74) is -0.536. The number of amides is 1. The number of rotatable bonds is 0. The molecule has 0 unspecified atom stereocenters. The summed E-state index contributed by atoms with van der Waals surface area (Å²) >= 11 is 0. The van der Waals surface area contributed by atoms with Crippen LogP contribution in [0.1, 0.15) is 12.8 Å². The second-order valence-corrected chi connectivity index (χ2v) is 3.16. The number of likely N-dealkylation sites (N-methyl/N-ethyl adjacent to an activating group) is 1. The molecule has 0 aliphatic carbocycles. The Morgan fingerprint density at radius 2 is 2.07 bits per heavy atom. The highest BCUT2D eigenvalue weighted by Crippen LogP contribution is 2.30. The van der Waals surface area contributed by atoms with Crippen molar-refractivity contribution in [1.29, 1.82) is 0 Å². The highest BCUT2D eigenvalue weighted by atomic mass is 19.4. The minimum atomic E-state index is -4.83. The SMILES string of the molecule is CN1CCCC(=C(O)C(F)(F)F)C1=O.